The molecule has 0 spiro atoms. The minimum Gasteiger partial charge on any atom is -0.310 e. The van der Waals surface area contributed by atoms with Crippen LogP contribution in [0.3, 0.4) is 0 Å². The lowest BCUT2D eigenvalue weighted by molar-refractivity contribution is 0.567. The largest absolute Gasteiger partial charge is 0.310 e. The zero-order valence-corrected chi connectivity index (χ0v) is 16.1. The molecule has 1 heterocycles. The highest BCUT2D eigenvalue weighted by Crippen LogP contribution is 2.55. The van der Waals surface area contributed by atoms with E-state index in [-0.39, 0.29) is 10.8 Å². The second-order valence-corrected chi connectivity index (χ2v) is 11.0. The highest BCUT2D eigenvalue weighted by molar-refractivity contribution is 7.77. The van der Waals surface area contributed by atoms with Gasteiger partial charge in [0.15, 0.2) is 7.14 Å². The van der Waals surface area contributed by atoms with E-state index in [1.54, 1.807) is 0 Å². The molecule has 0 amide bonds. The van der Waals surface area contributed by atoms with Crippen molar-refractivity contribution in [1.82, 2.24) is 0 Å². The molecule has 0 saturated heterocycles. The third kappa shape index (κ3) is 3.15. The van der Waals surface area contributed by atoms with Crippen molar-refractivity contribution in [3.8, 4) is 0 Å². The van der Waals surface area contributed by atoms with Gasteiger partial charge in [-0.2, -0.15) is 0 Å². The second-order valence-electron chi connectivity index (χ2n) is 8.59. The maximum absolute atomic E-state index is 13.5. The van der Waals surface area contributed by atoms with Gasteiger partial charge in [0.2, 0.25) is 0 Å². The molecule has 0 aliphatic carbocycles. The van der Waals surface area contributed by atoms with Crippen LogP contribution in [0.4, 0.5) is 0 Å². The van der Waals surface area contributed by atoms with Gasteiger partial charge in [-0.05, 0) is 58.6 Å². The van der Waals surface area contributed by atoms with Crippen molar-refractivity contribution in [2.24, 2.45) is 0 Å². The van der Waals surface area contributed by atoms with E-state index in [0.29, 0.717) is 0 Å². The molecule has 2 rings (SSSR count). The molecule has 0 radical (unpaired) electrons. The first kappa shape index (κ1) is 17.3. The van der Waals surface area contributed by atoms with Gasteiger partial charge in [0.25, 0.3) is 0 Å². The lowest BCUT2D eigenvalue weighted by Gasteiger charge is -2.30. The Morgan fingerprint density at radius 1 is 0.909 bits per heavy atom. The Morgan fingerprint density at radius 2 is 1.50 bits per heavy atom. The molecule has 1 nitrogen and oxygen atoms in total. The topological polar surface area (TPSA) is 17.1 Å². The molecule has 1 aromatic rings. The minimum atomic E-state index is -2.56. The Kier molecular flexibility index (Phi) is 4.11. The molecule has 0 aromatic heterocycles. The van der Waals surface area contributed by atoms with Gasteiger partial charge < -0.3 is 4.57 Å². The van der Waals surface area contributed by atoms with Crippen molar-refractivity contribution < 1.29 is 4.57 Å². The average molecular weight is 316 g/mol. The Hall–Kier alpha value is -1.07. The number of hydrogen-bond acceptors (Lipinski definition) is 1. The van der Waals surface area contributed by atoms with Gasteiger partial charge in [-0.25, -0.2) is 0 Å². The molecule has 1 aliphatic rings. The lowest BCUT2D eigenvalue weighted by Crippen LogP contribution is -2.26. The zero-order valence-electron chi connectivity index (χ0n) is 15.2. The molecule has 120 valence electrons. The third-order valence-corrected chi connectivity index (χ3v) is 6.95. The van der Waals surface area contributed by atoms with Gasteiger partial charge in [0.1, 0.15) is 0 Å². The van der Waals surface area contributed by atoms with Crippen LogP contribution in [0.1, 0.15) is 65.2 Å². The predicted molar refractivity (Wildman–Crippen MR) is 98.7 cm³/mol. The third-order valence-electron chi connectivity index (χ3n) is 4.28. The van der Waals surface area contributed by atoms with E-state index in [9.17, 15) is 4.57 Å². The van der Waals surface area contributed by atoms with Crippen LogP contribution in [-0.4, -0.2) is 0 Å². The van der Waals surface area contributed by atoms with Crippen molar-refractivity contribution in [2.45, 2.75) is 66.2 Å². The smallest absolute Gasteiger partial charge is 0.158 e. The van der Waals surface area contributed by atoms with Gasteiger partial charge in [0.05, 0.1) is 0 Å². The highest BCUT2D eigenvalue weighted by atomic mass is 31.2. The summed E-state index contributed by atoms with van der Waals surface area (Å²) in [7, 11) is -2.56. The van der Waals surface area contributed by atoms with E-state index >= 15 is 0 Å². The molecule has 0 fully saturated rings. The van der Waals surface area contributed by atoms with Crippen LogP contribution in [0.15, 0.2) is 35.4 Å². The molecule has 1 atom stereocenters. The number of allylic oxidation sites excluding steroid dienone is 2. The zero-order chi connectivity index (χ0) is 16.9. The minimum absolute atomic E-state index is 0.0308. The van der Waals surface area contributed by atoms with Crippen LogP contribution in [-0.2, 0) is 15.4 Å². The summed E-state index contributed by atoms with van der Waals surface area (Å²) >= 11 is 0. The van der Waals surface area contributed by atoms with Crippen LogP contribution in [0, 0.1) is 6.92 Å². The number of hydrogen-bond donors (Lipinski definition) is 0. The van der Waals surface area contributed by atoms with Crippen molar-refractivity contribution in [1.29, 1.82) is 0 Å². The van der Waals surface area contributed by atoms with E-state index in [2.05, 4.69) is 60.6 Å². The molecule has 1 unspecified atom stereocenters. The quantitative estimate of drug-likeness (QED) is 0.580. The van der Waals surface area contributed by atoms with Crippen LogP contribution in [0.2, 0.25) is 0 Å². The predicted octanol–water partition coefficient (Wildman–Crippen LogP) is 6.01. The summed E-state index contributed by atoms with van der Waals surface area (Å²) in [6, 6.07) is 4.50. The van der Waals surface area contributed by atoms with E-state index in [1.165, 1.54) is 11.1 Å². The van der Waals surface area contributed by atoms with E-state index < -0.39 is 7.14 Å². The summed E-state index contributed by atoms with van der Waals surface area (Å²) in [5, 5.41) is 1.04. The van der Waals surface area contributed by atoms with Crippen molar-refractivity contribution in [3.63, 3.8) is 0 Å². The fraction of sp³-hybridized carbons (Fsp3) is 0.500. The first-order valence-electron chi connectivity index (χ1n) is 7.99. The van der Waals surface area contributed by atoms with E-state index in [4.69, 9.17) is 0 Å². The Labute approximate surface area is 135 Å². The van der Waals surface area contributed by atoms with Gasteiger partial charge in [-0.15, -0.1) is 0 Å². The molecular formula is C20H29OP. The monoisotopic (exact) mass is 316 g/mol. The maximum Gasteiger partial charge on any atom is 0.158 e. The summed E-state index contributed by atoms with van der Waals surface area (Å²) in [6.07, 6.45) is 1.99. The van der Waals surface area contributed by atoms with Gasteiger partial charge in [-0.1, -0.05) is 59.8 Å². The standard InChI is InChI=1S/C20H29OP/c1-14-9-10-22(21,13-14)18-15(2)11-16(19(3,4)5)12-17(18)20(6,7)8/h9-13H,1-8H3. The van der Waals surface area contributed by atoms with Crippen LogP contribution < -0.4 is 5.30 Å². The molecular weight excluding hydrogens is 287 g/mol. The molecule has 1 aliphatic heterocycles. The summed E-state index contributed by atoms with van der Waals surface area (Å²) in [6.45, 7) is 17.4. The summed E-state index contributed by atoms with van der Waals surface area (Å²) in [4.78, 5) is 0. The van der Waals surface area contributed by atoms with Gasteiger partial charge >= 0.3 is 0 Å². The SMILES string of the molecule is CC1=CP(=O)(c2c(C)cc(C(C)(C)C)cc2C(C)(C)C)C=C1. The van der Waals surface area contributed by atoms with E-state index in [0.717, 1.165) is 16.4 Å². The Morgan fingerprint density at radius 3 is 1.91 bits per heavy atom. The summed E-state index contributed by atoms with van der Waals surface area (Å²) in [5.74, 6) is 3.87. The van der Waals surface area contributed by atoms with Crippen LogP contribution in [0.25, 0.3) is 0 Å². The lowest BCUT2D eigenvalue weighted by atomic mass is 9.79. The number of aryl methyl sites for hydroxylation is 1. The number of benzene rings is 1. The molecule has 0 bridgehead atoms. The normalized spacial score (nSPS) is 22.1. The highest BCUT2D eigenvalue weighted by Gasteiger charge is 2.32. The second kappa shape index (κ2) is 5.24. The molecule has 1 aromatic carbocycles. The van der Waals surface area contributed by atoms with Crippen molar-refractivity contribution in [3.05, 3.63) is 52.1 Å². The summed E-state index contributed by atoms with van der Waals surface area (Å²) < 4.78 is 13.5. The van der Waals surface area contributed by atoms with Crippen LogP contribution in [0.5, 0.6) is 0 Å². The Bertz CT molecular complexity index is 706. The van der Waals surface area contributed by atoms with Crippen molar-refractivity contribution >= 4 is 12.4 Å². The first-order valence-corrected chi connectivity index (χ1v) is 9.83. The average Bonchev–Trinajstić information content (AvgIpc) is 2.66. The van der Waals surface area contributed by atoms with Crippen LogP contribution >= 0.6 is 7.14 Å². The molecule has 0 saturated carbocycles. The van der Waals surface area contributed by atoms with E-state index in [1.807, 2.05) is 24.6 Å². The fourth-order valence-corrected chi connectivity index (χ4v) is 5.91. The fourth-order valence-electron chi connectivity index (χ4n) is 3.00. The Balaban J connectivity index is 2.81. The molecule has 0 N–H and O–H groups in total. The first-order chi connectivity index (χ1) is 9.84. The van der Waals surface area contributed by atoms with Crippen molar-refractivity contribution in [2.75, 3.05) is 0 Å². The summed E-state index contributed by atoms with van der Waals surface area (Å²) in [5.41, 5.74) is 4.84. The van der Waals surface area contributed by atoms with Gasteiger partial charge in [0, 0.05) is 5.30 Å². The maximum atomic E-state index is 13.5. The molecule has 2 heteroatoms. The number of rotatable bonds is 1. The molecule has 22 heavy (non-hydrogen) atoms. The van der Waals surface area contributed by atoms with Gasteiger partial charge in [-0.3, -0.25) is 0 Å².